The second-order valence-electron chi connectivity index (χ2n) is 7.06. The van der Waals surface area contributed by atoms with E-state index < -0.39 is 10.0 Å². The predicted octanol–water partition coefficient (Wildman–Crippen LogP) is 4.03. The van der Waals surface area contributed by atoms with Crippen LogP contribution in [0.4, 0.5) is 5.82 Å². The van der Waals surface area contributed by atoms with E-state index in [4.69, 9.17) is 4.74 Å². The molecule has 1 aromatic heterocycles. The molecule has 0 unspecified atom stereocenters. The lowest BCUT2D eigenvalue weighted by molar-refractivity contribution is 0.337. The van der Waals surface area contributed by atoms with E-state index in [0.717, 1.165) is 40.9 Å². The van der Waals surface area contributed by atoms with Gasteiger partial charge in [-0.3, -0.25) is 0 Å². The van der Waals surface area contributed by atoms with Crippen LogP contribution >= 0.6 is 0 Å². The summed E-state index contributed by atoms with van der Waals surface area (Å²) in [5.74, 6) is 1.60. The number of fused-ring (bicyclic) bond motifs is 1. The maximum Gasteiger partial charge on any atom is 0.243 e. The molecule has 0 saturated carbocycles. The second-order valence-corrected chi connectivity index (χ2v) is 8.99. The summed E-state index contributed by atoms with van der Waals surface area (Å²) in [6, 6.07) is 16.8. The SMILES string of the molecule is CCOc1ccccc1CNc1ccc2cc(S(=O)(=O)N3CCCC3)ccc2n1. The van der Waals surface area contributed by atoms with Gasteiger partial charge < -0.3 is 10.1 Å². The zero-order valence-electron chi connectivity index (χ0n) is 16.5. The van der Waals surface area contributed by atoms with Crippen molar-refractivity contribution in [2.75, 3.05) is 25.0 Å². The number of anilines is 1. The molecule has 3 aromatic rings. The van der Waals surface area contributed by atoms with Crippen LogP contribution in [0.2, 0.25) is 0 Å². The minimum absolute atomic E-state index is 0.333. The Bertz CT molecular complexity index is 1110. The van der Waals surface area contributed by atoms with Crippen LogP contribution in [0.1, 0.15) is 25.3 Å². The molecule has 0 atom stereocenters. The van der Waals surface area contributed by atoms with Crippen molar-refractivity contribution in [1.82, 2.24) is 9.29 Å². The van der Waals surface area contributed by atoms with Gasteiger partial charge in [-0.1, -0.05) is 18.2 Å². The van der Waals surface area contributed by atoms with Crippen LogP contribution < -0.4 is 10.1 Å². The Morgan fingerprint density at radius 3 is 2.66 bits per heavy atom. The van der Waals surface area contributed by atoms with Gasteiger partial charge in [0.25, 0.3) is 0 Å². The van der Waals surface area contributed by atoms with Gasteiger partial charge in [-0.15, -0.1) is 0 Å². The Labute approximate surface area is 171 Å². The number of ether oxygens (including phenoxy) is 1. The lowest BCUT2D eigenvalue weighted by atomic mass is 10.2. The number of hydrogen-bond donors (Lipinski definition) is 1. The number of pyridine rings is 1. The molecule has 4 rings (SSSR count). The number of nitrogens with one attached hydrogen (secondary N) is 1. The Morgan fingerprint density at radius 1 is 1.07 bits per heavy atom. The van der Waals surface area contributed by atoms with Crippen LogP contribution in [0, 0.1) is 0 Å². The van der Waals surface area contributed by atoms with Crippen molar-refractivity contribution in [2.24, 2.45) is 0 Å². The molecular weight excluding hydrogens is 386 g/mol. The number of sulfonamides is 1. The van der Waals surface area contributed by atoms with E-state index in [-0.39, 0.29) is 0 Å². The fourth-order valence-corrected chi connectivity index (χ4v) is 5.13. The fourth-order valence-electron chi connectivity index (χ4n) is 3.57. The standard InChI is InChI=1S/C22H25N3O3S/c1-2-28-21-8-4-3-7-18(21)16-23-22-12-9-17-15-19(10-11-20(17)24-22)29(26,27)25-13-5-6-14-25/h3-4,7-12,15H,2,5-6,13-14,16H2,1H3,(H,23,24). The predicted molar refractivity (Wildman–Crippen MR) is 115 cm³/mol. The van der Waals surface area contributed by atoms with Crippen molar-refractivity contribution in [2.45, 2.75) is 31.2 Å². The van der Waals surface area contributed by atoms with Gasteiger partial charge in [-0.25, -0.2) is 13.4 Å². The van der Waals surface area contributed by atoms with E-state index in [1.54, 1.807) is 22.5 Å². The molecule has 0 amide bonds. The topological polar surface area (TPSA) is 71.5 Å². The molecule has 6 nitrogen and oxygen atoms in total. The van der Waals surface area contributed by atoms with Crippen LogP contribution in [-0.2, 0) is 16.6 Å². The van der Waals surface area contributed by atoms with E-state index in [0.29, 0.717) is 31.1 Å². The van der Waals surface area contributed by atoms with Gasteiger partial charge in [0.05, 0.1) is 17.0 Å². The molecule has 0 bridgehead atoms. The van der Waals surface area contributed by atoms with Gasteiger partial charge in [0, 0.05) is 30.6 Å². The quantitative estimate of drug-likeness (QED) is 0.636. The minimum Gasteiger partial charge on any atom is -0.494 e. The number of aromatic nitrogens is 1. The van der Waals surface area contributed by atoms with Gasteiger partial charge in [0.1, 0.15) is 11.6 Å². The van der Waals surface area contributed by atoms with E-state index in [9.17, 15) is 8.42 Å². The number of nitrogens with zero attached hydrogens (tertiary/aromatic N) is 2. The van der Waals surface area contributed by atoms with Crippen molar-refractivity contribution in [1.29, 1.82) is 0 Å². The Balaban J connectivity index is 1.53. The molecule has 0 aliphatic carbocycles. The molecule has 2 heterocycles. The molecule has 2 aromatic carbocycles. The minimum atomic E-state index is -3.42. The van der Waals surface area contributed by atoms with E-state index in [1.165, 1.54) is 0 Å². The molecular formula is C22H25N3O3S. The number of hydrogen-bond acceptors (Lipinski definition) is 5. The average Bonchev–Trinajstić information content (AvgIpc) is 3.29. The van der Waals surface area contributed by atoms with Gasteiger partial charge >= 0.3 is 0 Å². The summed E-state index contributed by atoms with van der Waals surface area (Å²) in [6.45, 7) is 4.38. The number of rotatable bonds is 7. The third-order valence-electron chi connectivity index (χ3n) is 5.10. The average molecular weight is 412 g/mol. The van der Waals surface area contributed by atoms with Crippen molar-refractivity contribution in [3.05, 3.63) is 60.2 Å². The summed E-state index contributed by atoms with van der Waals surface area (Å²) in [4.78, 5) is 4.96. The fraction of sp³-hybridized carbons (Fsp3) is 0.318. The highest BCUT2D eigenvalue weighted by Gasteiger charge is 2.27. The highest BCUT2D eigenvalue weighted by atomic mass is 32.2. The maximum absolute atomic E-state index is 12.8. The molecule has 1 aliphatic heterocycles. The maximum atomic E-state index is 12.8. The van der Waals surface area contributed by atoms with Crippen LogP contribution in [0.15, 0.2) is 59.5 Å². The Morgan fingerprint density at radius 2 is 1.86 bits per heavy atom. The first-order valence-corrected chi connectivity index (χ1v) is 11.4. The van der Waals surface area contributed by atoms with Crippen LogP contribution in [-0.4, -0.2) is 37.4 Å². The summed E-state index contributed by atoms with van der Waals surface area (Å²) in [5, 5.41) is 4.13. The summed E-state index contributed by atoms with van der Waals surface area (Å²) in [5.41, 5.74) is 1.82. The Kier molecular flexibility index (Phi) is 5.69. The lowest BCUT2D eigenvalue weighted by Gasteiger charge is -2.16. The zero-order valence-corrected chi connectivity index (χ0v) is 17.3. The summed E-state index contributed by atoms with van der Waals surface area (Å²) in [7, 11) is -3.42. The normalized spacial score (nSPS) is 14.9. The smallest absolute Gasteiger partial charge is 0.243 e. The number of benzene rings is 2. The van der Waals surface area contributed by atoms with E-state index in [2.05, 4.69) is 10.3 Å². The summed E-state index contributed by atoms with van der Waals surface area (Å²) < 4.78 is 32.8. The van der Waals surface area contributed by atoms with E-state index in [1.807, 2.05) is 43.3 Å². The first-order valence-electron chi connectivity index (χ1n) is 9.93. The third kappa shape index (κ3) is 4.21. The molecule has 152 valence electrons. The highest BCUT2D eigenvalue weighted by molar-refractivity contribution is 7.89. The van der Waals surface area contributed by atoms with Crippen molar-refractivity contribution in [3.8, 4) is 5.75 Å². The molecule has 7 heteroatoms. The van der Waals surface area contributed by atoms with E-state index >= 15 is 0 Å². The lowest BCUT2D eigenvalue weighted by Crippen LogP contribution is -2.27. The van der Waals surface area contributed by atoms with Crippen molar-refractivity contribution in [3.63, 3.8) is 0 Å². The Hall–Kier alpha value is -2.64. The third-order valence-corrected chi connectivity index (χ3v) is 6.99. The first-order chi connectivity index (χ1) is 14.1. The zero-order chi connectivity index (χ0) is 20.3. The molecule has 0 radical (unpaired) electrons. The van der Waals surface area contributed by atoms with Crippen LogP contribution in [0.25, 0.3) is 10.9 Å². The van der Waals surface area contributed by atoms with Gasteiger partial charge in [0.2, 0.25) is 10.0 Å². The summed E-state index contributed by atoms with van der Waals surface area (Å²) >= 11 is 0. The van der Waals surface area contributed by atoms with Crippen LogP contribution in [0.3, 0.4) is 0 Å². The largest absolute Gasteiger partial charge is 0.494 e. The van der Waals surface area contributed by atoms with Gasteiger partial charge in [0.15, 0.2) is 0 Å². The second kappa shape index (κ2) is 8.39. The van der Waals surface area contributed by atoms with Crippen LogP contribution in [0.5, 0.6) is 5.75 Å². The summed E-state index contributed by atoms with van der Waals surface area (Å²) in [6.07, 6.45) is 1.85. The monoisotopic (exact) mass is 411 g/mol. The first kappa shape index (κ1) is 19.7. The number of para-hydroxylation sites is 1. The molecule has 1 saturated heterocycles. The highest BCUT2D eigenvalue weighted by Crippen LogP contribution is 2.25. The van der Waals surface area contributed by atoms with Gasteiger partial charge in [-0.2, -0.15) is 4.31 Å². The molecule has 1 fully saturated rings. The van der Waals surface area contributed by atoms with Crippen molar-refractivity contribution < 1.29 is 13.2 Å². The van der Waals surface area contributed by atoms with Gasteiger partial charge in [-0.05, 0) is 56.2 Å². The molecule has 29 heavy (non-hydrogen) atoms. The molecule has 1 aliphatic rings. The molecule has 0 spiro atoms. The molecule has 1 N–H and O–H groups in total. The van der Waals surface area contributed by atoms with Crippen molar-refractivity contribution >= 4 is 26.7 Å².